The van der Waals surface area contributed by atoms with Crippen LogP contribution in [0.25, 0.3) is 0 Å². The smallest absolute Gasteiger partial charge is 0.328 e. The molecule has 6 N–H and O–H groups in total. The van der Waals surface area contributed by atoms with Crippen molar-refractivity contribution in [2.45, 2.75) is 84.2 Å². The van der Waals surface area contributed by atoms with Gasteiger partial charge in [-0.15, -0.1) is 0 Å². The molecule has 10 nitrogen and oxygen atoms in total. The number of hydrogen-bond donors (Lipinski definition) is 6. The molecule has 1 aliphatic rings. The molecule has 0 spiro atoms. The van der Waals surface area contributed by atoms with Crippen molar-refractivity contribution >= 4 is 23.7 Å². The first-order valence-electron chi connectivity index (χ1n) is 10.5. The molecule has 1 heterocycles. The summed E-state index contributed by atoms with van der Waals surface area (Å²) in [7, 11) is 0. The summed E-state index contributed by atoms with van der Waals surface area (Å²) < 4.78 is 0. The Morgan fingerprint density at radius 3 is 1.97 bits per heavy atom. The summed E-state index contributed by atoms with van der Waals surface area (Å²) in [5.41, 5.74) is 0. The Hall–Kier alpha value is -2.20. The maximum atomic E-state index is 13.0. The molecule has 1 saturated heterocycles. The number of rotatable bonds is 11. The number of aliphatic carboxylic acids is 1. The number of carboxylic acids is 1. The van der Waals surface area contributed by atoms with Gasteiger partial charge < -0.3 is 31.5 Å². The maximum absolute atomic E-state index is 13.0. The van der Waals surface area contributed by atoms with Gasteiger partial charge >= 0.3 is 5.97 Å². The van der Waals surface area contributed by atoms with Gasteiger partial charge in [-0.25, -0.2) is 4.79 Å². The van der Waals surface area contributed by atoms with Crippen molar-refractivity contribution in [2.24, 2.45) is 11.8 Å². The van der Waals surface area contributed by atoms with E-state index in [0.29, 0.717) is 12.8 Å². The predicted molar refractivity (Wildman–Crippen MR) is 110 cm³/mol. The van der Waals surface area contributed by atoms with Crippen molar-refractivity contribution in [2.75, 3.05) is 6.54 Å². The molecule has 0 saturated carbocycles. The Morgan fingerprint density at radius 2 is 1.53 bits per heavy atom. The molecular weight excluding hydrogens is 392 g/mol. The lowest BCUT2D eigenvalue weighted by Crippen LogP contribution is -2.60. The Labute approximate surface area is 177 Å². The second-order valence-corrected chi connectivity index (χ2v) is 8.32. The van der Waals surface area contributed by atoms with Crippen LogP contribution in [0.5, 0.6) is 0 Å². The van der Waals surface area contributed by atoms with Gasteiger partial charge in [0.25, 0.3) is 0 Å². The first-order valence-corrected chi connectivity index (χ1v) is 10.5. The van der Waals surface area contributed by atoms with Crippen molar-refractivity contribution in [1.29, 1.82) is 0 Å². The standard InChI is InChI=1S/C20H36N4O6/c1-6-11(4)15(23-17(26)13-8-7-9-21-13)19(28)22-14(10(2)3)18(27)24-16(12(5)25)20(29)30/h10-16,21,25H,6-9H2,1-5H3,(H,22,28)(H,23,26)(H,24,27)(H,29,30). The zero-order chi connectivity index (χ0) is 23.0. The normalized spacial score (nSPS) is 21.2. The van der Waals surface area contributed by atoms with Gasteiger partial charge in [-0.2, -0.15) is 0 Å². The summed E-state index contributed by atoms with van der Waals surface area (Å²) >= 11 is 0. The number of amides is 3. The quantitative estimate of drug-likeness (QED) is 0.255. The lowest BCUT2D eigenvalue weighted by molar-refractivity contribution is -0.145. The number of carbonyl (C=O) groups excluding carboxylic acids is 3. The van der Waals surface area contributed by atoms with Crippen LogP contribution in [0.3, 0.4) is 0 Å². The minimum absolute atomic E-state index is 0.171. The van der Waals surface area contributed by atoms with Gasteiger partial charge in [0, 0.05) is 0 Å². The van der Waals surface area contributed by atoms with E-state index >= 15 is 0 Å². The van der Waals surface area contributed by atoms with E-state index in [1.807, 2.05) is 13.8 Å². The fourth-order valence-electron chi connectivity index (χ4n) is 3.27. The monoisotopic (exact) mass is 428 g/mol. The first-order chi connectivity index (χ1) is 14.0. The van der Waals surface area contributed by atoms with Gasteiger partial charge in [-0.3, -0.25) is 14.4 Å². The summed E-state index contributed by atoms with van der Waals surface area (Å²) in [6.45, 7) is 9.17. The van der Waals surface area contributed by atoms with Gasteiger partial charge in [0.1, 0.15) is 12.1 Å². The summed E-state index contributed by atoms with van der Waals surface area (Å²) in [5, 5.41) is 29.6. The fraction of sp³-hybridized carbons (Fsp3) is 0.800. The van der Waals surface area contributed by atoms with E-state index in [2.05, 4.69) is 21.3 Å². The minimum Gasteiger partial charge on any atom is -0.480 e. The number of aliphatic hydroxyl groups is 1. The molecule has 30 heavy (non-hydrogen) atoms. The van der Waals surface area contributed by atoms with Crippen LogP contribution in [0.4, 0.5) is 0 Å². The van der Waals surface area contributed by atoms with Crippen LogP contribution in [-0.2, 0) is 19.2 Å². The number of carbonyl (C=O) groups is 4. The van der Waals surface area contributed by atoms with E-state index in [1.54, 1.807) is 13.8 Å². The molecule has 0 aromatic heterocycles. The topological polar surface area (TPSA) is 157 Å². The first kappa shape index (κ1) is 25.8. The number of nitrogens with one attached hydrogen (secondary N) is 4. The van der Waals surface area contributed by atoms with Crippen LogP contribution < -0.4 is 21.3 Å². The van der Waals surface area contributed by atoms with Crippen LogP contribution in [0.2, 0.25) is 0 Å². The highest BCUT2D eigenvalue weighted by Crippen LogP contribution is 2.12. The van der Waals surface area contributed by atoms with Crippen LogP contribution in [0.15, 0.2) is 0 Å². The van der Waals surface area contributed by atoms with Crippen molar-refractivity contribution in [3.05, 3.63) is 0 Å². The summed E-state index contributed by atoms with van der Waals surface area (Å²) in [4.78, 5) is 49.4. The molecule has 0 aromatic carbocycles. The lowest BCUT2D eigenvalue weighted by atomic mass is 9.96. The molecule has 172 valence electrons. The van der Waals surface area contributed by atoms with E-state index in [4.69, 9.17) is 0 Å². The molecule has 0 aromatic rings. The number of aliphatic hydroxyl groups excluding tert-OH is 1. The number of carboxylic acid groups (broad SMARTS) is 1. The van der Waals surface area contributed by atoms with E-state index in [0.717, 1.165) is 13.0 Å². The van der Waals surface area contributed by atoms with E-state index in [-0.39, 0.29) is 23.8 Å². The maximum Gasteiger partial charge on any atom is 0.328 e. The second-order valence-electron chi connectivity index (χ2n) is 8.32. The molecule has 0 bridgehead atoms. The predicted octanol–water partition coefficient (Wildman–Crippen LogP) is -0.640. The van der Waals surface area contributed by atoms with E-state index in [9.17, 15) is 29.4 Å². The molecule has 0 radical (unpaired) electrons. The highest BCUT2D eigenvalue weighted by Gasteiger charge is 2.35. The van der Waals surface area contributed by atoms with E-state index < -0.39 is 42.0 Å². The third-order valence-corrected chi connectivity index (χ3v) is 5.46. The van der Waals surface area contributed by atoms with Crippen LogP contribution in [0, 0.1) is 11.8 Å². The van der Waals surface area contributed by atoms with Gasteiger partial charge in [-0.1, -0.05) is 34.1 Å². The molecule has 0 aliphatic carbocycles. The molecule has 3 amide bonds. The molecule has 6 unspecified atom stereocenters. The molecule has 1 fully saturated rings. The molecule has 1 aliphatic heterocycles. The van der Waals surface area contributed by atoms with Gasteiger partial charge in [0.2, 0.25) is 17.7 Å². The highest BCUT2D eigenvalue weighted by atomic mass is 16.4. The lowest BCUT2D eigenvalue weighted by Gasteiger charge is -2.29. The summed E-state index contributed by atoms with van der Waals surface area (Å²) in [6, 6.07) is -3.68. The fourth-order valence-corrected chi connectivity index (χ4v) is 3.27. The van der Waals surface area contributed by atoms with Crippen molar-refractivity contribution < 1.29 is 29.4 Å². The number of hydrogen-bond acceptors (Lipinski definition) is 6. The minimum atomic E-state index is -1.49. The van der Waals surface area contributed by atoms with Crippen LogP contribution in [0.1, 0.15) is 53.9 Å². The van der Waals surface area contributed by atoms with Crippen LogP contribution in [-0.4, -0.2) is 70.7 Å². The van der Waals surface area contributed by atoms with Gasteiger partial charge in [-0.05, 0) is 38.1 Å². The van der Waals surface area contributed by atoms with Crippen molar-refractivity contribution in [1.82, 2.24) is 21.3 Å². The third-order valence-electron chi connectivity index (χ3n) is 5.46. The average molecular weight is 429 g/mol. The summed E-state index contributed by atoms with van der Waals surface area (Å²) in [5.74, 6) is -3.36. The van der Waals surface area contributed by atoms with Gasteiger partial charge in [0.15, 0.2) is 6.04 Å². The zero-order valence-electron chi connectivity index (χ0n) is 18.4. The average Bonchev–Trinajstić information content (AvgIpc) is 3.21. The molecule has 6 atom stereocenters. The highest BCUT2D eigenvalue weighted by molar-refractivity contribution is 5.94. The van der Waals surface area contributed by atoms with Crippen molar-refractivity contribution in [3.63, 3.8) is 0 Å². The second kappa shape index (κ2) is 11.8. The Morgan fingerprint density at radius 1 is 0.967 bits per heavy atom. The Kier molecular flexibility index (Phi) is 10.2. The van der Waals surface area contributed by atoms with Gasteiger partial charge in [0.05, 0.1) is 12.1 Å². The van der Waals surface area contributed by atoms with Crippen LogP contribution >= 0.6 is 0 Å². The van der Waals surface area contributed by atoms with Crippen molar-refractivity contribution in [3.8, 4) is 0 Å². The SMILES string of the molecule is CCC(C)C(NC(=O)C1CCCN1)C(=O)NC(C(=O)NC(C(=O)O)C(C)O)C(C)C. The zero-order valence-corrected chi connectivity index (χ0v) is 18.4. The Balaban J connectivity index is 2.91. The van der Waals surface area contributed by atoms with E-state index in [1.165, 1.54) is 6.92 Å². The third kappa shape index (κ3) is 7.24. The molecule has 1 rings (SSSR count). The molecule has 10 heteroatoms. The Bertz CT molecular complexity index is 618. The largest absolute Gasteiger partial charge is 0.480 e. The molecular formula is C20H36N4O6. The summed E-state index contributed by atoms with van der Waals surface area (Å²) in [6.07, 6.45) is 0.925.